The van der Waals surface area contributed by atoms with Crippen molar-refractivity contribution in [2.24, 2.45) is 0 Å². The Bertz CT molecular complexity index is 412. The molecule has 2 N–H and O–H groups in total. The molecule has 1 aromatic carbocycles. The first kappa shape index (κ1) is 16.5. The molecule has 0 heterocycles. The highest BCUT2D eigenvalue weighted by Gasteiger charge is 2.17. The summed E-state index contributed by atoms with van der Waals surface area (Å²) in [6.07, 6.45) is 1.68. The first-order chi connectivity index (χ1) is 9.43. The summed E-state index contributed by atoms with van der Waals surface area (Å²) in [6.45, 7) is 6.44. The Morgan fingerprint density at radius 1 is 1.35 bits per heavy atom. The smallest absolute Gasteiger partial charge is 0.220 e. The summed E-state index contributed by atoms with van der Waals surface area (Å²) in [5, 5.41) is 12.5. The lowest BCUT2D eigenvalue weighted by Gasteiger charge is -2.21. The SMILES string of the molecule is CCC(C)(O)CNC(=O)CCCOc1ccc(C)cc1. The fraction of sp³-hybridized carbons (Fsp3) is 0.562. The number of carbonyl (C=O) groups excluding carboxylic acids is 1. The van der Waals surface area contributed by atoms with Crippen LogP contribution >= 0.6 is 0 Å². The average molecular weight is 279 g/mol. The molecule has 0 aliphatic heterocycles. The third-order valence-electron chi connectivity index (χ3n) is 3.27. The highest BCUT2D eigenvalue weighted by atomic mass is 16.5. The zero-order valence-corrected chi connectivity index (χ0v) is 12.6. The van der Waals surface area contributed by atoms with Gasteiger partial charge in [-0.15, -0.1) is 0 Å². The average Bonchev–Trinajstić information content (AvgIpc) is 2.43. The molecule has 1 atom stereocenters. The largest absolute Gasteiger partial charge is 0.494 e. The third-order valence-corrected chi connectivity index (χ3v) is 3.27. The van der Waals surface area contributed by atoms with Gasteiger partial charge in [0.25, 0.3) is 0 Å². The predicted octanol–water partition coefficient (Wildman–Crippen LogP) is 2.43. The van der Waals surface area contributed by atoms with E-state index in [9.17, 15) is 9.90 Å². The van der Waals surface area contributed by atoms with Crippen molar-refractivity contribution in [2.45, 2.75) is 45.6 Å². The fourth-order valence-electron chi connectivity index (χ4n) is 1.56. The molecule has 0 aliphatic rings. The Morgan fingerprint density at radius 2 is 2.00 bits per heavy atom. The topological polar surface area (TPSA) is 58.6 Å². The summed E-state index contributed by atoms with van der Waals surface area (Å²) < 4.78 is 5.55. The maximum atomic E-state index is 11.6. The first-order valence-corrected chi connectivity index (χ1v) is 7.11. The van der Waals surface area contributed by atoms with E-state index in [-0.39, 0.29) is 5.91 Å². The van der Waals surface area contributed by atoms with Crippen LogP contribution in [0, 0.1) is 6.92 Å². The zero-order valence-electron chi connectivity index (χ0n) is 12.6. The van der Waals surface area contributed by atoms with Gasteiger partial charge in [0.1, 0.15) is 5.75 Å². The van der Waals surface area contributed by atoms with Crippen LogP contribution < -0.4 is 10.1 Å². The lowest BCUT2D eigenvalue weighted by atomic mass is 10.0. The lowest BCUT2D eigenvalue weighted by Crippen LogP contribution is -2.40. The summed E-state index contributed by atoms with van der Waals surface area (Å²) >= 11 is 0. The highest BCUT2D eigenvalue weighted by Crippen LogP contribution is 2.11. The quantitative estimate of drug-likeness (QED) is 0.719. The van der Waals surface area contributed by atoms with Crippen molar-refractivity contribution in [2.75, 3.05) is 13.2 Å². The minimum atomic E-state index is -0.825. The second kappa shape index (κ2) is 7.90. The minimum Gasteiger partial charge on any atom is -0.494 e. The Kier molecular flexibility index (Phi) is 6.52. The predicted molar refractivity (Wildman–Crippen MR) is 79.8 cm³/mol. The summed E-state index contributed by atoms with van der Waals surface area (Å²) in [4.78, 5) is 11.6. The lowest BCUT2D eigenvalue weighted by molar-refractivity contribution is -0.122. The number of amides is 1. The molecule has 0 saturated carbocycles. The minimum absolute atomic E-state index is 0.0498. The van der Waals surface area contributed by atoms with Gasteiger partial charge in [-0.05, 0) is 38.8 Å². The van der Waals surface area contributed by atoms with Crippen LogP contribution in [-0.4, -0.2) is 29.8 Å². The van der Waals surface area contributed by atoms with Crippen LogP contribution in [-0.2, 0) is 4.79 Å². The number of aliphatic hydroxyl groups is 1. The molecule has 1 unspecified atom stereocenters. The van der Waals surface area contributed by atoms with Gasteiger partial charge >= 0.3 is 0 Å². The number of nitrogens with one attached hydrogen (secondary N) is 1. The molecule has 4 nitrogen and oxygen atoms in total. The van der Waals surface area contributed by atoms with Gasteiger partial charge < -0.3 is 15.2 Å². The van der Waals surface area contributed by atoms with Crippen molar-refractivity contribution >= 4 is 5.91 Å². The molecule has 1 aromatic rings. The van der Waals surface area contributed by atoms with E-state index in [0.717, 1.165) is 5.75 Å². The normalized spacial score (nSPS) is 13.6. The van der Waals surface area contributed by atoms with Crippen LogP contribution in [0.3, 0.4) is 0 Å². The highest BCUT2D eigenvalue weighted by molar-refractivity contribution is 5.75. The maximum absolute atomic E-state index is 11.6. The van der Waals surface area contributed by atoms with Gasteiger partial charge in [0.2, 0.25) is 5.91 Å². The molecule has 1 rings (SSSR count). The molecule has 0 fully saturated rings. The van der Waals surface area contributed by atoms with Crippen LogP contribution in [0.25, 0.3) is 0 Å². The van der Waals surface area contributed by atoms with E-state index in [2.05, 4.69) is 5.32 Å². The summed E-state index contributed by atoms with van der Waals surface area (Å²) in [7, 11) is 0. The van der Waals surface area contributed by atoms with Gasteiger partial charge in [-0.2, -0.15) is 0 Å². The van der Waals surface area contributed by atoms with Gasteiger partial charge in [0, 0.05) is 13.0 Å². The van der Waals surface area contributed by atoms with Crippen molar-refractivity contribution in [3.8, 4) is 5.75 Å². The molecule has 0 spiro atoms. The zero-order chi connectivity index (χ0) is 15.0. The van der Waals surface area contributed by atoms with Crippen molar-refractivity contribution in [1.82, 2.24) is 5.32 Å². The van der Waals surface area contributed by atoms with Crippen LogP contribution in [0.5, 0.6) is 5.75 Å². The molecule has 20 heavy (non-hydrogen) atoms. The van der Waals surface area contributed by atoms with E-state index < -0.39 is 5.60 Å². The number of hydrogen-bond donors (Lipinski definition) is 2. The molecule has 0 radical (unpaired) electrons. The maximum Gasteiger partial charge on any atom is 0.220 e. The summed E-state index contributed by atoms with van der Waals surface area (Å²) in [5.41, 5.74) is 0.369. The number of carbonyl (C=O) groups is 1. The van der Waals surface area contributed by atoms with Crippen molar-refractivity contribution < 1.29 is 14.6 Å². The molecular formula is C16H25NO3. The van der Waals surface area contributed by atoms with Gasteiger partial charge in [0.05, 0.1) is 12.2 Å². The molecule has 4 heteroatoms. The van der Waals surface area contributed by atoms with E-state index in [4.69, 9.17) is 4.74 Å². The van der Waals surface area contributed by atoms with Gasteiger partial charge in [-0.1, -0.05) is 24.6 Å². The van der Waals surface area contributed by atoms with Crippen molar-refractivity contribution in [3.63, 3.8) is 0 Å². The van der Waals surface area contributed by atoms with Crippen LogP contribution in [0.4, 0.5) is 0 Å². The van der Waals surface area contributed by atoms with E-state index in [0.29, 0.717) is 32.4 Å². The van der Waals surface area contributed by atoms with Gasteiger partial charge in [0.15, 0.2) is 0 Å². The molecule has 0 aliphatic carbocycles. The Hall–Kier alpha value is -1.55. The molecular weight excluding hydrogens is 254 g/mol. The number of aryl methyl sites for hydroxylation is 1. The van der Waals surface area contributed by atoms with Crippen LogP contribution in [0.15, 0.2) is 24.3 Å². The van der Waals surface area contributed by atoms with Gasteiger partial charge in [-0.3, -0.25) is 4.79 Å². The summed E-state index contributed by atoms with van der Waals surface area (Å²) in [6, 6.07) is 7.84. The summed E-state index contributed by atoms with van der Waals surface area (Å²) in [5.74, 6) is 0.774. The van der Waals surface area contributed by atoms with Crippen LogP contribution in [0.1, 0.15) is 38.7 Å². The second-order valence-corrected chi connectivity index (χ2v) is 5.39. The van der Waals surface area contributed by atoms with Gasteiger partial charge in [-0.25, -0.2) is 0 Å². The Labute approximate surface area is 121 Å². The molecule has 0 saturated heterocycles. The van der Waals surface area contributed by atoms with E-state index >= 15 is 0 Å². The number of hydrogen-bond acceptors (Lipinski definition) is 3. The number of ether oxygens (including phenoxy) is 1. The van der Waals surface area contributed by atoms with E-state index in [1.54, 1.807) is 6.92 Å². The first-order valence-electron chi connectivity index (χ1n) is 7.11. The van der Waals surface area contributed by atoms with E-state index in [1.807, 2.05) is 38.1 Å². The number of rotatable bonds is 8. The van der Waals surface area contributed by atoms with Crippen LogP contribution in [0.2, 0.25) is 0 Å². The van der Waals surface area contributed by atoms with Crippen molar-refractivity contribution in [1.29, 1.82) is 0 Å². The molecule has 1 amide bonds. The van der Waals surface area contributed by atoms with Crippen molar-refractivity contribution in [3.05, 3.63) is 29.8 Å². The molecule has 0 aromatic heterocycles. The Morgan fingerprint density at radius 3 is 2.60 bits per heavy atom. The monoisotopic (exact) mass is 279 g/mol. The molecule has 112 valence electrons. The molecule has 0 bridgehead atoms. The Balaban J connectivity index is 2.14. The van der Waals surface area contributed by atoms with E-state index in [1.165, 1.54) is 5.56 Å². The standard InChI is InChI=1S/C16H25NO3/c1-4-16(3,19)12-17-15(18)6-5-11-20-14-9-7-13(2)8-10-14/h7-10,19H,4-6,11-12H2,1-3H3,(H,17,18). The fourth-order valence-corrected chi connectivity index (χ4v) is 1.56. The third kappa shape index (κ3) is 6.57. The number of benzene rings is 1. The second-order valence-electron chi connectivity index (χ2n) is 5.39.